The van der Waals surface area contributed by atoms with Crippen LogP contribution in [-0.2, 0) is 32.1 Å². The molecule has 3 aromatic rings. The molecule has 2 amide bonds. The summed E-state index contributed by atoms with van der Waals surface area (Å²) in [5.74, 6) is -1.36. The van der Waals surface area contributed by atoms with Crippen LogP contribution >= 0.6 is 0 Å². The fourth-order valence-corrected chi connectivity index (χ4v) is 5.75. The Morgan fingerprint density at radius 3 is 2.44 bits per heavy atom. The SMILES string of the molecule is CC(C)C(C(=O)Nc1cccc2c1CC(C)(C(=O)O)C2C)c1ccc(CN2N=C(c3ccccc3)OCC2=O)cc1. The molecule has 0 saturated heterocycles. The number of carboxylic acid groups (broad SMARTS) is 1. The van der Waals surface area contributed by atoms with Crippen LogP contribution in [0.4, 0.5) is 5.69 Å². The maximum absolute atomic E-state index is 13.6. The van der Waals surface area contributed by atoms with E-state index in [2.05, 4.69) is 10.4 Å². The van der Waals surface area contributed by atoms with Gasteiger partial charge in [0.05, 0.1) is 17.9 Å². The number of anilines is 1. The highest BCUT2D eigenvalue weighted by atomic mass is 16.5. The molecule has 0 bridgehead atoms. The van der Waals surface area contributed by atoms with E-state index < -0.39 is 17.3 Å². The third kappa shape index (κ3) is 5.46. The van der Waals surface area contributed by atoms with Crippen LogP contribution < -0.4 is 5.32 Å². The molecule has 0 radical (unpaired) electrons. The Labute approximate surface area is 240 Å². The van der Waals surface area contributed by atoms with Gasteiger partial charge >= 0.3 is 5.97 Å². The first-order valence-electron chi connectivity index (χ1n) is 13.9. The molecule has 1 aliphatic heterocycles. The molecule has 212 valence electrons. The quantitative estimate of drug-likeness (QED) is 0.381. The van der Waals surface area contributed by atoms with Crippen molar-refractivity contribution < 1.29 is 24.2 Å². The molecule has 0 spiro atoms. The van der Waals surface area contributed by atoms with E-state index >= 15 is 0 Å². The summed E-state index contributed by atoms with van der Waals surface area (Å²) in [5.41, 5.74) is 4.16. The Bertz CT molecular complexity index is 1500. The molecule has 1 heterocycles. The Kier molecular flexibility index (Phi) is 7.67. The van der Waals surface area contributed by atoms with Gasteiger partial charge in [-0.1, -0.05) is 75.4 Å². The van der Waals surface area contributed by atoms with Crippen LogP contribution in [0.3, 0.4) is 0 Å². The smallest absolute Gasteiger partial charge is 0.310 e. The van der Waals surface area contributed by atoms with Gasteiger partial charge in [-0.25, -0.2) is 5.01 Å². The van der Waals surface area contributed by atoms with Gasteiger partial charge in [-0.2, -0.15) is 0 Å². The molecule has 0 fully saturated rings. The number of benzene rings is 3. The van der Waals surface area contributed by atoms with Crippen molar-refractivity contribution in [2.75, 3.05) is 11.9 Å². The zero-order valence-electron chi connectivity index (χ0n) is 23.8. The number of carbonyl (C=O) groups excluding carboxylic acids is 2. The second-order valence-electron chi connectivity index (χ2n) is 11.5. The van der Waals surface area contributed by atoms with Crippen molar-refractivity contribution in [1.29, 1.82) is 0 Å². The highest BCUT2D eigenvalue weighted by Gasteiger charge is 2.46. The molecule has 1 aliphatic carbocycles. The Hall–Kier alpha value is -4.46. The number of fused-ring (bicyclic) bond motifs is 1. The van der Waals surface area contributed by atoms with E-state index in [1.165, 1.54) is 5.01 Å². The lowest BCUT2D eigenvalue weighted by Gasteiger charge is -2.25. The fraction of sp³-hybridized carbons (Fsp3) is 0.333. The van der Waals surface area contributed by atoms with Crippen molar-refractivity contribution in [3.8, 4) is 0 Å². The monoisotopic (exact) mass is 553 g/mol. The van der Waals surface area contributed by atoms with Gasteiger partial charge in [0.2, 0.25) is 11.8 Å². The van der Waals surface area contributed by atoms with Gasteiger partial charge < -0.3 is 15.2 Å². The lowest BCUT2D eigenvalue weighted by molar-refractivity contribution is -0.148. The van der Waals surface area contributed by atoms with Crippen LogP contribution in [0.2, 0.25) is 0 Å². The van der Waals surface area contributed by atoms with Gasteiger partial charge in [0.25, 0.3) is 5.91 Å². The Balaban J connectivity index is 1.33. The standard InChI is InChI=1S/C33H35N3O5/c1-20(2)29(30(38)34-27-12-8-11-25-21(3)33(4,32(39)40)17-26(25)27)23-15-13-22(14-16-23)18-36-28(37)19-41-31(35-36)24-9-6-5-7-10-24/h5-16,20-21,29H,17-19H2,1-4H3,(H,34,38)(H,39,40). The third-order valence-corrected chi connectivity index (χ3v) is 8.40. The highest BCUT2D eigenvalue weighted by molar-refractivity contribution is 5.98. The van der Waals surface area contributed by atoms with Crippen molar-refractivity contribution >= 4 is 29.4 Å². The molecule has 8 nitrogen and oxygen atoms in total. The first-order valence-corrected chi connectivity index (χ1v) is 13.9. The number of ether oxygens (including phenoxy) is 1. The average molecular weight is 554 g/mol. The summed E-state index contributed by atoms with van der Waals surface area (Å²) >= 11 is 0. The summed E-state index contributed by atoms with van der Waals surface area (Å²) in [4.78, 5) is 38.2. The summed E-state index contributed by atoms with van der Waals surface area (Å²) in [7, 11) is 0. The summed E-state index contributed by atoms with van der Waals surface area (Å²) in [6.07, 6.45) is 0.366. The Morgan fingerprint density at radius 2 is 1.78 bits per heavy atom. The predicted octanol–water partition coefficient (Wildman–Crippen LogP) is 5.54. The number of amides is 2. The van der Waals surface area contributed by atoms with Crippen molar-refractivity contribution in [2.45, 2.75) is 52.5 Å². The van der Waals surface area contributed by atoms with Gasteiger partial charge in [-0.05, 0) is 65.6 Å². The topological polar surface area (TPSA) is 108 Å². The van der Waals surface area contributed by atoms with Crippen LogP contribution in [-0.4, -0.2) is 40.4 Å². The minimum atomic E-state index is -0.912. The van der Waals surface area contributed by atoms with E-state index in [9.17, 15) is 19.5 Å². The summed E-state index contributed by atoms with van der Waals surface area (Å²) < 4.78 is 5.54. The summed E-state index contributed by atoms with van der Waals surface area (Å²) in [5, 5.41) is 18.8. The van der Waals surface area contributed by atoms with Crippen LogP contribution in [0.25, 0.3) is 0 Å². The number of hydrogen-bond acceptors (Lipinski definition) is 5. The molecule has 5 rings (SSSR count). The van der Waals surface area contributed by atoms with Crippen molar-refractivity contribution in [3.63, 3.8) is 0 Å². The Morgan fingerprint density at radius 1 is 1.07 bits per heavy atom. The van der Waals surface area contributed by atoms with E-state index in [0.717, 1.165) is 27.8 Å². The van der Waals surface area contributed by atoms with Crippen molar-refractivity contribution in [3.05, 3.63) is 101 Å². The minimum Gasteiger partial charge on any atom is -0.481 e. The lowest BCUT2D eigenvalue weighted by Crippen LogP contribution is -2.36. The lowest BCUT2D eigenvalue weighted by atomic mass is 9.79. The molecule has 8 heteroatoms. The van der Waals surface area contributed by atoms with Gasteiger partial charge in [-0.3, -0.25) is 14.4 Å². The van der Waals surface area contributed by atoms with E-state index in [-0.39, 0.29) is 36.8 Å². The zero-order chi connectivity index (χ0) is 29.3. The maximum Gasteiger partial charge on any atom is 0.310 e. The van der Waals surface area contributed by atoms with Crippen LogP contribution in [0.5, 0.6) is 0 Å². The zero-order valence-corrected chi connectivity index (χ0v) is 23.8. The first-order chi connectivity index (χ1) is 19.6. The average Bonchev–Trinajstić information content (AvgIpc) is 3.23. The molecule has 2 N–H and O–H groups in total. The third-order valence-electron chi connectivity index (χ3n) is 8.40. The van der Waals surface area contributed by atoms with Crippen molar-refractivity contribution in [1.82, 2.24) is 5.01 Å². The van der Waals surface area contributed by atoms with Crippen LogP contribution in [0, 0.1) is 11.3 Å². The number of hydrogen-bond donors (Lipinski definition) is 2. The highest BCUT2D eigenvalue weighted by Crippen LogP contribution is 2.49. The van der Waals surface area contributed by atoms with Gasteiger partial charge in [0.15, 0.2) is 6.61 Å². The van der Waals surface area contributed by atoms with E-state index in [0.29, 0.717) is 18.0 Å². The summed E-state index contributed by atoms with van der Waals surface area (Å²) in [6.45, 7) is 7.92. The molecule has 3 atom stereocenters. The first kappa shape index (κ1) is 28.1. The minimum absolute atomic E-state index is 0.0136. The number of carboxylic acids is 1. The molecule has 0 aromatic heterocycles. The van der Waals surface area contributed by atoms with E-state index in [1.807, 2.05) is 93.6 Å². The molecule has 41 heavy (non-hydrogen) atoms. The number of nitrogens with one attached hydrogen (secondary N) is 1. The molecular weight excluding hydrogens is 518 g/mol. The molecule has 0 saturated carbocycles. The maximum atomic E-state index is 13.6. The predicted molar refractivity (Wildman–Crippen MR) is 156 cm³/mol. The van der Waals surface area contributed by atoms with Gasteiger partial charge in [-0.15, -0.1) is 5.10 Å². The number of aliphatic carboxylic acids is 1. The van der Waals surface area contributed by atoms with Gasteiger partial charge in [0, 0.05) is 11.3 Å². The second kappa shape index (κ2) is 11.2. The number of carbonyl (C=O) groups is 3. The largest absolute Gasteiger partial charge is 0.481 e. The molecule has 3 unspecified atom stereocenters. The van der Waals surface area contributed by atoms with Crippen molar-refractivity contribution in [2.24, 2.45) is 16.4 Å². The molecular formula is C33H35N3O5. The van der Waals surface area contributed by atoms with E-state index in [4.69, 9.17) is 4.74 Å². The number of rotatable bonds is 8. The van der Waals surface area contributed by atoms with Gasteiger partial charge in [0.1, 0.15) is 0 Å². The van der Waals surface area contributed by atoms with Crippen LogP contribution in [0.1, 0.15) is 67.3 Å². The number of hydrazone groups is 1. The normalized spacial score (nSPS) is 20.7. The molecule has 3 aromatic carbocycles. The second-order valence-corrected chi connectivity index (χ2v) is 11.5. The fourth-order valence-electron chi connectivity index (χ4n) is 5.75. The van der Waals surface area contributed by atoms with E-state index in [1.54, 1.807) is 6.92 Å². The summed E-state index contributed by atoms with van der Waals surface area (Å²) in [6, 6.07) is 22.8. The molecule has 2 aliphatic rings. The number of nitrogens with zero attached hydrogens (tertiary/aromatic N) is 2. The van der Waals surface area contributed by atoms with Crippen LogP contribution in [0.15, 0.2) is 77.9 Å².